The van der Waals surface area contributed by atoms with Gasteiger partial charge in [-0.05, 0) is 61.8 Å². The van der Waals surface area contributed by atoms with Crippen LogP contribution in [0, 0.1) is 4.91 Å². The van der Waals surface area contributed by atoms with Crippen molar-refractivity contribution < 1.29 is 4.39 Å². The summed E-state index contributed by atoms with van der Waals surface area (Å²) in [4.78, 5) is 12.8. The number of likely N-dealkylation sites (tertiary alicyclic amines) is 1. The SMILES string of the molecule is O=Nc1ccc(C2CCN(C3CCNCC3)CC2F)cc1. The first-order valence-electron chi connectivity index (χ1n) is 7.80. The first-order chi connectivity index (χ1) is 10.3. The van der Waals surface area contributed by atoms with Crippen molar-refractivity contribution in [2.75, 3.05) is 26.2 Å². The van der Waals surface area contributed by atoms with Crippen LogP contribution in [-0.4, -0.2) is 43.3 Å². The highest BCUT2D eigenvalue weighted by molar-refractivity contribution is 5.39. The third-order valence-electron chi connectivity index (χ3n) is 4.82. The van der Waals surface area contributed by atoms with Crippen molar-refractivity contribution in [3.05, 3.63) is 34.7 Å². The minimum absolute atomic E-state index is 0.0522. The Morgan fingerprint density at radius 2 is 1.86 bits per heavy atom. The minimum atomic E-state index is -0.830. The van der Waals surface area contributed by atoms with Gasteiger partial charge in [0, 0.05) is 18.5 Å². The van der Waals surface area contributed by atoms with Crippen LogP contribution >= 0.6 is 0 Å². The lowest BCUT2D eigenvalue weighted by Gasteiger charge is -2.41. The Balaban J connectivity index is 1.63. The van der Waals surface area contributed by atoms with Crippen LogP contribution in [0.2, 0.25) is 0 Å². The van der Waals surface area contributed by atoms with Crippen LogP contribution in [0.25, 0.3) is 0 Å². The van der Waals surface area contributed by atoms with Crippen LogP contribution in [0.1, 0.15) is 30.7 Å². The average molecular weight is 291 g/mol. The third kappa shape index (κ3) is 3.30. The molecule has 0 amide bonds. The Labute approximate surface area is 124 Å². The molecule has 2 aliphatic heterocycles. The fourth-order valence-corrected chi connectivity index (χ4v) is 3.59. The van der Waals surface area contributed by atoms with E-state index in [0.29, 0.717) is 18.3 Å². The fraction of sp³-hybridized carbons (Fsp3) is 0.625. The van der Waals surface area contributed by atoms with Crippen molar-refractivity contribution in [1.29, 1.82) is 0 Å². The number of nitrogens with zero attached hydrogens (tertiary/aromatic N) is 2. The van der Waals surface area contributed by atoms with Gasteiger partial charge in [-0.2, -0.15) is 0 Å². The van der Waals surface area contributed by atoms with Crippen LogP contribution in [0.15, 0.2) is 29.4 Å². The first-order valence-corrected chi connectivity index (χ1v) is 7.80. The molecule has 2 heterocycles. The minimum Gasteiger partial charge on any atom is -0.317 e. The topological polar surface area (TPSA) is 44.7 Å². The summed E-state index contributed by atoms with van der Waals surface area (Å²) < 4.78 is 14.6. The van der Waals surface area contributed by atoms with Crippen LogP contribution in [0.5, 0.6) is 0 Å². The number of benzene rings is 1. The van der Waals surface area contributed by atoms with E-state index in [9.17, 15) is 9.30 Å². The molecule has 5 heteroatoms. The molecule has 2 saturated heterocycles. The lowest BCUT2D eigenvalue weighted by Crippen LogP contribution is -2.49. The van der Waals surface area contributed by atoms with E-state index in [0.717, 1.165) is 44.5 Å². The van der Waals surface area contributed by atoms with E-state index in [1.165, 1.54) is 0 Å². The average Bonchev–Trinajstić information content (AvgIpc) is 2.56. The molecule has 21 heavy (non-hydrogen) atoms. The molecule has 0 radical (unpaired) electrons. The van der Waals surface area contributed by atoms with Crippen molar-refractivity contribution >= 4 is 5.69 Å². The van der Waals surface area contributed by atoms with Crippen LogP contribution in [0.3, 0.4) is 0 Å². The van der Waals surface area contributed by atoms with Crippen molar-refractivity contribution in [2.24, 2.45) is 5.18 Å². The predicted octanol–water partition coefficient (Wildman–Crippen LogP) is 2.96. The molecule has 0 aromatic heterocycles. The molecular formula is C16H22FN3O. The second kappa shape index (κ2) is 6.62. The summed E-state index contributed by atoms with van der Waals surface area (Å²) in [7, 11) is 0. The fourth-order valence-electron chi connectivity index (χ4n) is 3.59. The van der Waals surface area contributed by atoms with Gasteiger partial charge < -0.3 is 5.32 Å². The summed E-state index contributed by atoms with van der Waals surface area (Å²) in [5.41, 5.74) is 1.39. The molecule has 0 aliphatic carbocycles. The number of halogens is 1. The van der Waals surface area contributed by atoms with Crippen LogP contribution in [-0.2, 0) is 0 Å². The molecule has 2 aliphatic rings. The second-order valence-electron chi connectivity index (χ2n) is 6.07. The molecule has 2 fully saturated rings. The van der Waals surface area contributed by atoms with Gasteiger partial charge in [0.15, 0.2) is 0 Å². The van der Waals surface area contributed by atoms with Gasteiger partial charge >= 0.3 is 0 Å². The highest BCUT2D eigenvalue weighted by Gasteiger charge is 2.33. The van der Waals surface area contributed by atoms with Crippen molar-refractivity contribution in [2.45, 2.75) is 37.4 Å². The Bertz CT molecular complexity index is 473. The zero-order valence-electron chi connectivity index (χ0n) is 12.2. The van der Waals surface area contributed by atoms with Gasteiger partial charge in [-0.1, -0.05) is 12.1 Å². The molecule has 4 nitrogen and oxygen atoms in total. The summed E-state index contributed by atoms with van der Waals surface area (Å²) in [5.74, 6) is -0.0522. The van der Waals surface area contributed by atoms with E-state index in [1.54, 1.807) is 12.1 Å². The maximum atomic E-state index is 14.6. The second-order valence-corrected chi connectivity index (χ2v) is 6.07. The Kier molecular flexibility index (Phi) is 4.60. The standard InChI is InChI=1S/C16H22FN3O/c17-16-11-20(14-5-8-18-9-6-14)10-7-15(16)12-1-3-13(19-21)4-2-12/h1-4,14-16,18H,5-11H2. The molecular weight excluding hydrogens is 269 g/mol. The lowest BCUT2D eigenvalue weighted by molar-refractivity contribution is 0.0691. The van der Waals surface area contributed by atoms with Gasteiger partial charge in [-0.15, -0.1) is 4.91 Å². The summed E-state index contributed by atoms with van der Waals surface area (Å²) in [6.07, 6.45) is 2.26. The number of nitrogens with one attached hydrogen (secondary N) is 1. The molecule has 2 atom stereocenters. The van der Waals surface area contributed by atoms with E-state index in [-0.39, 0.29) is 5.92 Å². The van der Waals surface area contributed by atoms with E-state index in [4.69, 9.17) is 0 Å². The van der Waals surface area contributed by atoms with Gasteiger partial charge in [0.25, 0.3) is 0 Å². The summed E-state index contributed by atoms with van der Waals surface area (Å²) in [6, 6.07) is 7.57. The van der Waals surface area contributed by atoms with Gasteiger partial charge in [0.05, 0.1) is 0 Å². The summed E-state index contributed by atoms with van der Waals surface area (Å²) in [6.45, 7) is 3.58. The molecule has 114 valence electrons. The van der Waals surface area contributed by atoms with E-state index >= 15 is 0 Å². The van der Waals surface area contributed by atoms with Gasteiger partial charge in [0.2, 0.25) is 0 Å². The summed E-state index contributed by atoms with van der Waals surface area (Å²) >= 11 is 0. The maximum absolute atomic E-state index is 14.6. The predicted molar refractivity (Wildman–Crippen MR) is 81.6 cm³/mol. The summed E-state index contributed by atoms with van der Waals surface area (Å²) in [5, 5.41) is 6.25. The number of nitroso groups, excluding NO2 is 1. The Morgan fingerprint density at radius 1 is 1.14 bits per heavy atom. The highest BCUT2D eigenvalue weighted by Crippen LogP contribution is 2.33. The first kappa shape index (κ1) is 14.6. The zero-order chi connectivity index (χ0) is 14.7. The largest absolute Gasteiger partial charge is 0.317 e. The van der Waals surface area contributed by atoms with E-state index in [1.807, 2.05) is 12.1 Å². The zero-order valence-corrected chi connectivity index (χ0v) is 12.2. The number of piperidine rings is 2. The molecule has 3 rings (SSSR count). The number of alkyl halides is 1. The quantitative estimate of drug-likeness (QED) is 0.871. The molecule has 0 bridgehead atoms. The van der Waals surface area contributed by atoms with Gasteiger partial charge in [0.1, 0.15) is 11.9 Å². The molecule has 2 unspecified atom stereocenters. The maximum Gasteiger partial charge on any atom is 0.120 e. The molecule has 0 spiro atoms. The number of rotatable bonds is 3. The molecule has 1 aromatic rings. The number of hydrogen-bond donors (Lipinski definition) is 1. The van der Waals surface area contributed by atoms with Crippen molar-refractivity contribution in [3.8, 4) is 0 Å². The third-order valence-corrected chi connectivity index (χ3v) is 4.82. The van der Waals surface area contributed by atoms with Crippen molar-refractivity contribution in [1.82, 2.24) is 10.2 Å². The van der Waals surface area contributed by atoms with E-state index in [2.05, 4.69) is 15.4 Å². The lowest BCUT2D eigenvalue weighted by atomic mass is 9.86. The Morgan fingerprint density at radius 3 is 2.48 bits per heavy atom. The normalized spacial score (nSPS) is 28.4. The monoisotopic (exact) mass is 291 g/mol. The molecule has 1 aromatic carbocycles. The molecule has 0 saturated carbocycles. The van der Waals surface area contributed by atoms with Crippen molar-refractivity contribution in [3.63, 3.8) is 0 Å². The number of hydrogen-bond acceptors (Lipinski definition) is 4. The van der Waals surface area contributed by atoms with Crippen LogP contribution in [0.4, 0.5) is 10.1 Å². The van der Waals surface area contributed by atoms with Crippen LogP contribution < -0.4 is 5.32 Å². The van der Waals surface area contributed by atoms with Gasteiger partial charge in [-0.25, -0.2) is 4.39 Å². The molecule has 1 N–H and O–H groups in total. The Hall–Kier alpha value is -1.33. The van der Waals surface area contributed by atoms with E-state index < -0.39 is 6.17 Å². The highest BCUT2D eigenvalue weighted by atomic mass is 19.1. The smallest absolute Gasteiger partial charge is 0.120 e. The van der Waals surface area contributed by atoms with Gasteiger partial charge in [-0.3, -0.25) is 4.90 Å².